The predicted molar refractivity (Wildman–Crippen MR) is 93.6 cm³/mol. The van der Waals surface area contributed by atoms with Gasteiger partial charge in [0.05, 0.1) is 10.9 Å². The fraction of sp³-hybridized carbons (Fsp3) is 0.278. The van der Waals surface area contributed by atoms with E-state index in [1.165, 1.54) is 36.4 Å². The highest BCUT2D eigenvalue weighted by molar-refractivity contribution is 7.92. The summed E-state index contributed by atoms with van der Waals surface area (Å²) in [7, 11) is -3.74. The van der Waals surface area contributed by atoms with Crippen LogP contribution in [0.3, 0.4) is 0 Å². The predicted octanol–water partition coefficient (Wildman–Crippen LogP) is 3.62. The average Bonchev–Trinajstić information content (AvgIpc) is 3.05. The summed E-state index contributed by atoms with van der Waals surface area (Å²) in [5.41, 5.74) is 0.816. The monoisotopic (exact) mass is 381 g/mol. The molecule has 0 aliphatic carbocycles. The number of benzene rings is 2. The molecule has 7 heteroatoms. The summed E-state index contributed by atoms with van der Waals surface area (Å²) in [5, 5.41) is 0.432. The molecule has 0 spiro atoms. The van der Waals surface area contributed by atoms with E-state index < -0.39 is 21.5 Å². The van der Waals surface area contributed by atoms with Gasteiger partial charge < -0.3 is 4.90 Å². The lowest BCUT2D eigenvalue weighted by Gasteiger charge is -2.25. The van der Waals surface area contributed by atoms with E-state index in [1.807, 2.05) is 0 Å². The maximum absolute atomic E-state index is 13.1. The Morgan fingerprint density at radius 2 is 1.76 bits per heavy atom. The molecule has 2 aromatic carbocycles. The van der Waals surface area contributed by atoms with Crippen LogP contribution in [0.4, 0.5) is 4.39 Å². The second kappa shape index (κ2) is 7.14. The first-order valence-electron chi connectivity index (χ1n) is 7.90. The van der Waals surface area contributed by atoms with E-state index in [0.717, 1.165) is 18.4 Å². The Labute approximate surface area is 151 Å². The van der Waals surface area contributed by atoms with Crippen molar-refractivity contribution in [3.05, 3.63) is 64.9 Å². The molecular weight excluding hydrogens is 365 g/mol. The van der Waals surface area contributed by atoms with Gasteiger partial charge in [-0.3, -0.25) is 4.79 Å². The van der Waals surface area contributed by atoms with Gasteiger partial charge in [0.1, 0.15) is 11.6 Å². The number of likely N-dealkylation sites (tertiary alicyclic amines) is 1. The van der Waals surface area contributed by atoms with Crippen LogP contribution < -0.4 is 0 Å². The molecular formula is C18H17ClFNO3S. The Hall–Kier alpha value is -1.92. The molecule has 1 amide bonds. The van der Waals surface area contributed by atoms with Crippen LogP contribution in [-0.4, -0.2) is 31.5 Å². The van der Waals surface area contributed by atoms with E-state index in [2.05, 4.69) is 0 Å². The highest BCUT2D eigenvalue weighted by Gasteiger charge is 2.32. The van der Waals surface area contributed by atoms with Gasteiger partial charge in [0.2, 0.25) is 5.91 Å². The Kier molecular flexibility index (Phi) is 5.11. The number of carbonyl (C=O) groups is 1. The third-order valence-electron chi connectivity index (χ3n) is 4.31. The molecule has 132 valence electrons. The zero-order chi connectivity index (χ0) is 18.0. The number of hydrogen-bond acceptors (Lipinski definition) is 3. The van der Waals surface area contributed by atoms with Crippen LogP contribution in [0.1, 0.15) is 24.4 Å². The fourth-order valence-corrected chi connectivity index (χ4v) is 4.40. The van der Waals surface area contributed by atoms with Crippen molar-refractivity contribution >= 4 is 27.3 Å². The summed E-state index contributed by atoms with van der Waals surface area (Å²) >= 11 is 5.77. The zero-order valence-electron chi connectivity index (χ0n) is 13.4. The quantitative estimate of drug-likeness (QED) is 0.812. The van der Waals surface area contributed by atoms with Crippen molar-refractivity contribution in [1.82, 2.24) is 4.90 Å². The van der Waals surface area contributed by atoms with Crippen molar-refractivity contribution in [2.24, 2.45) is 0 Å². The standard InChI is InChI=1S/C18H17ClFNO3S/c19-14-5-9-16(10-6-14)25(23,24)12-18(22)21-11-1-2-17(21)13-3-7-15(20)8-4-13/h3-10,17H,1-2,11-12H2. The van der Waals surface area contributed by atoms with Crippen molar-refractivity contribution in [2.45, 2.75) is 23.8 Å². The molecule has 0 saturated carbocycles. The Bertz CT molecular complexity index is 866. The number of sulfone groups is 1. The summed E-state index contributed by atoms with van der Waals surface area (Å²) in [5.74, 6) is -1.38. The second-order valence-corrected chi connectivity index (χ2v) is 8.44. The molecule has 1 atom stereocenters. The van der Waals surface area contributed by atoms with Crippen LogP contribution in [0, 0.1) is 5.82 Å². The Morgan fingerprint density at radius 1 is 1.12 bits per heavy atom. The van der Waals surface area contributed by atoms with Crippen molar-refractivity contribution in [3.63, 3.8) is 0 Å². The van der Waals surface area contributed by atoms with Crippen molar-refractivity contribution in [3.8, 4) is 0 Å². The highest BCUT2D eigenvalue weighted by atomic mass is 35.5. The van der Waals surface area contributed by atoms with Crippen molar-refractivity contribution in [2.75, 3.05) is 12.3 Å². The minimum absolute atomic E-state index is 0.0720. The molecule has 0 bridgehead atoms. The maximum atomic E-state index is 13.1. The van der Waals surface area contributed by atoms with Gasteiger partial charge in [-0.25, -0.2) is 12.8 Å². The van der Waals surface area contributed by atoms with Crippen molar-refractivity contribution in [1.29, 1.82) is 0 Å². The third kappa shape index (κ3) is 4.02. The SMILES string of the molecule is O=C(CS(=O)(=O)c1ccc(Cl)cc1)N1CCCC1c1ccc(F)cc1. The van der Waals surface area contributed by atoms with Crippen LogP contribution in [0.15, 0.2) is 53.4 Å². The molecule has 2 aromatic rings. The summed E-state index contributed by atoms with van der Waals surface area (Å²) in [6.07, 6.45) is 1.52. The van der Waals surface area contributed by atoms with E-state index >= 15 is 0 Å². The maximum Gasteiger partial charge on any atom is 0.238 e. The van der Waals surface area contributed by atoms with Crippen molar-refractivity contribution < 1.29 is 17.6 Å². The summed E-state index contributed by atoms with van der Waals surface area (Å²) < 4.78 is 38.0. The molecule has 1 aliphatic heterocycles. The van der Waals surface area contributed by atoms with E-state index in [9.17, 15) is 17.6 Å². The highest BCUT2D eigenvalue weighted by Crippen LogP contribution is 2.32. The van der Waals surface area contributed by atoms with Gasteiger partial charge in [0.25, 0.3) is 0 Å². The molecule has 0 aromatic heterocycles. The third-order valence-corrected chi connectivity index (χ3v) is 6.18. The Balaban J connectivity index is 1.77. The lowest BCUT2D eigenvalue weighted by atomic mass is 10.0. The van der Waals surface area contributed by atoms with Gasteiger partial charge >= 0.3 is 0 Å². The van der Waals surface area contributed by atoms with Gasteiger partial charge in [0.15, 0.2) is 9.84 Å². The average molecular weight is 382 g/mol. The van der Waals surface area contributed by atoms with Gasteiger partial charge in [-0.05, 0) is 54.8 Å². The van der Waals surface area contributed by atoms with Crippen LogP contribution in [-0.2, 0) is 14.6 Å². The largest absolute Gasteiger partial charge is 0.335 e. The van der Waals surface area contributed by atoms with Crippen LogP contribution in [0.25, 0.3) is 0 Å². The number of halogens is 2. The zero-order valence-corrected chi connectivity index (χ0v) is 14.9. The Morgan fingerprint density at radius 3 is 2.40 bits per heavy atom. The molecule has 1 heterocycles. The number of rotatable bonds is 4. The first kappa shape index (κ1) is 17.9. The smallest absolute Gasteiger partial charge is 0.238 e. The molecule has 1 aliphatic rings. The van der Waals surface area contributed by atoms with Crippen LogP contribution in [0.2, 0.25) is 5.02 Å². The topological polar surface area (TPSA) is 54.5 Å². The number of amides is 1. The molecule has 1 fully saturated rings. The molecule has 1 saturated heterocycles. The van der Waals surface area contributed by atoms with E-state index in [4.69, 9.17) is 11.6 Å². The molecule has 0 radical (unpaired) electrons. The molecule has 1 unspecified atom stereocenters. The van der Waals surface area contributed by atoms with Gasteiger partial charge in [-0.1, -0.05) is 23.7 Å². The van der Waals surface area contributed by atoms with E-state index in [1.54, 1.807) is 17.0 Å². The molecule has 3 rings (SSSR count). The van der Waals surface area contributed by atoms with Gasteiger partial charge in [0, 0.05) is 11.6 Å². The van der Waals surface area contributed by atoms with Crippen LogP contribution in [0.5, 0.6) is 0 Å². The lowest BCUT2D eigenvalue weighted by molar-refractivity contribution is -0.129. The first-order valence-corrected chi connectivity index (χ1v) is 9.93. The summed E-state index contributed by atoms with van der Waals surface area (Å²) in [6, 6.07) is 11.5. The molecule has 4 nitrogen and oxygen atoms in total. The normalized spacial score (nSPS) is 17.7. The second-order valence-electron chi connectivity index (χ2n) is 6.01. The number of carbonyl (C=O) groups excluding carboxylic acids is 1. The minimum atomic E-state index is -3.74. The van der Waals surface area contributed by atoms with Gasteiger partial charge in [-0.15, -0.1) is 0 Å². The number of hydrogen-bond donors (Lipinski definition) is 0. The lowest BCUT2D eigenvalue weighted by Crippen LogP contribution is -2.35. The van der Waals surface area contributed by atoms with E-state index in [-0.39, 0.29) is 16.8 Å². The molecule has 0 N–H and O–H groups in total. The van der Waals surface area contributed by atoms with E-state index in [0.29, 0.717) is 11.6 Å². The van der Waals surface area contributed by atoms with Crippen LogP contribution >= 0.6 is 11.6 Å². The summed E-state index contributed by atoms with van der Waals surface area (Å²) in [6.45, 7) is 0.497. The fourth-order valence-electron chi connectivity index (χ4n) is 3.07. The summed E-state index contributed by atoms with van der Waals surface area (Å²) in [4.78, 5) is 14.2. The number of nitrogens with zero attached hydrogens (tertiary/aromatic N) is 1. The first-order chi connectivity index (χ1) is 11.9. The minimum Gasteiger partial charge on any atom is -0.335 e. The molecule has 25 heavy (non-hydrogen) atoms. The van der Waals surface area contributed by atoms with Gasteiger partial charge in [-0.2, -0.15) is 0 Å².